The third-order valence-electron chi connectivity index (χ3n) is 4.65. The Morgan fingerprint density at radius 2 is 2.00 bits per heavy atom. The third kappa shape index (κ3) is 4.03. The van der Waals surface area contributed by atoms with Gasteiger partial charge in [-0.1, -0.05) is 23.7 Å². The van der Waals surface area contributed by atoms with Gasteiger partial charge in [-0.3, -0.25) is 4.79 Å². The molecular weight excluding hydrogens is 340 g/mol. The molecule has 1 saturated heterocycles. The van der Waals surface area contributed by atoms with E-state index in [1.807, 2.05) is 25.1 Å². The molecular formula is C18H22ClN4O2+. The predicted molar refractivity (Wildman–Crippen MR) is 98.4 cm³/mol. The molecule has 6 nitrogen and oxygen atoms in total. The number of anilines is 2. The lowest BCUT2D eigenvalue weighted by atomic mass is 10.2. The summed E-state index contributed by atoms with van der Waals surface area (Å²) in [7, 11) is 0. The van der Waals surface area contributed by atoms with Crippen LogP contribution in [0.15, 0.2) is 42.6 Å². The summed E-state index contributed by atoms with van der Waals surface area (Å²) in [6.07, 6.45) is 1.59. The molecule has 1 aliphatic rings. The van der Waals surface area contributed by atoms with Gasteiger partial charge in [-0.15, -0.1) is 0 Å². The van der Waals surface area contributed by atoms with Gasteiger partial charge in [0.25, 0.3) is 5.91 Å². The van der Waals surface area contributed by atoms with E-state index in [-0.39, 0.29) is 11.9 Å². The maximum Gasteiger partial charge on any atom is 0.282 e. The molecule has 25 heavy (non-hydrogen) atoms. The first-order valence-electron chi connectivity index (χ1n) is 8.35. The number of rotatable bonds is 4. The summed E-state index contributed by atoms with van der Waals surface area (Å²) in [4.78, 5) is 19.8. The molecule has 1 aliphatic heterocycles. The van der Waals surface area contributed by atoms with Crippen LogP contribution in [0.2, 0.25) is 5.15 Å². The Kier molecular flexibility index (Phi) is 5.40. The van der Waals surface area contributed by atoms with Crippen molar-refractivity contribution < 1.29 is 14.8 Å². The second-order valence-electron chi connectivity index (χ2n) is 6.19. The number of benzene rings is 1. The van der Waals surface area contributed by atoms with E-state index in [0.717, 1.165) is 31.9 Å². The number of quaternary nitrogens is 1. The van der Waals surface area contributed by atoms with Crippen molar-refractivity contribution in [1.82, 2.24) is 4.98 Å². The molecule has 1 atom stereocenters. The maximum absolute atomic E-state index is 12.5. The van der Waals surface area contributed by atoms with Gasteiger partial charge in [0.15, 0.2) is 11.2 Å². The molecule has 7 heteroatoms. The number of nitrogens with zero attached hydrogens (tertiary/aromatic N) is 2. The minimum absolute atomic E-state index is 0.0686. The first-order chi connectivity index (χ1) is 12.1. The number of aromatic hydroxyl groups is 1. The highest BCUT2D eigenvalue weighted by Crippen LogP contribution is 2.26. The van der Waals surface area contributed by atoms with Crippen LogP contribution in [0.25, 0.3) is 0 Å². The van der Waals surface area contributed by atoms with Gasteiger partial charge in [0, 0.05) is 6.20 Å². The highest BCUT2D eigenvalue weighted by molar-refractivity contribution is 6.32. The van der Waals surface area contributed by atoms with Crippen LogP contribution in [0.5, 0.6) is 5.75 Å². The molecule has 0 spiro atoms. The number of halogens is 1. The van der Waals surface area contributed by atoms with Crippen LogP contribution in [0.3, 0.4) is 0 Å². The zero-order valence-corrected chi connectivity index (χ0v) is 14.8. The molecule has 0 aliphatic carbocycles. The number of carbonyl (C=O) groups is 1. The molecule has 1 amide bonds. The van der Waals surface area contributed by atoms with E-state index in [1.54, 1.807) is 24.4 Å². The maximum atomic E-state index is 12.5. The molecule has 0 bridgehead atoms. The van der Waals surface area contributed by atoms with Crippen molar-refractivity contribution in [3.63, 3.8) is 0 Å². The van der Waals surface area contributed by atoms with E-state index in [1.165, 1.54) is 4.90 Å². The molecule has 2 heterocycles. The molecule has 3 rings (SSSR count). The number of nitrogens with one attached hydrogen (secondary N) is 2. The SMILES string of the molecule is C[C@@H](C(=O)Nc1cccnc1Cl)[NH+]1CCN(c2ccccc2O)CC1. The van der Waals surface area contributed by atoms with Gasteiger partial charge in [0.2, 0.25) is 0 Å². The Balaban J connectivity index is 1.58. The highest BCUT2D eigenvalue weighted by atomic mass is 35.5. The summed E-state index contributed by atoms with van der Waals surface area (Å²) < 4.78 is 0. The van der Waals surface area contributed by atoms with Crippen molar-refractivity contribution >= 4 is 28.9 Å². The minimum Gasteiger partial charge on any atom is -0.506 e. The van der Waals surface area contributed by atoms with Crippen molar-refractivity contribution in [2.75, 3.05) is 36.4 Å². The molecule has 132 valence electrons. The largest absolute Gasteiger partial charge is 0.506 e. The van der Waals surface area contributed by atoms with Crippen LogP contribution >= 0.6 is 11.6 Å². The molecule has 0 radical (unpaired) electrons. The van der Waals surface area contributed by atoms with E-state index in [2.05, 4.69) is 15.2 Å². The molecule has 1 aromatic heterocycles. The second kappa shape index (κ2) is 7.72. The Morgan fingerprint density at radius 3 is 2.68 bits per heavy atom. The van der Waals surface area contributed by atoms with Crippen LogP contribution in [-0.2, 0) is 4.79 Å². The average Bonchev–Trinajstić information content (AvgIpc) is 2.63. The molecule has 2 aromatic rings. The third-order valence-corrected chi connectivity index (χ3v) is 4.95. The first kappa shape index (κ1) is 17.5. The summed E-state index contributed by atoms with van der Waals surface area (Å²) in [5, 5.41) is 13.1. The molecule has 0 saturated carbocycles. The van der Waals surface area contributed by atoms with Crippen LogP contribution < -0.4 is 15.1 Å². The first-order valence-corrected chi connectivity index (χ1v) is 8.73. The number of phenolic OH excluding ortho intramolecular Hbond substituents is 1. The number of piperazine rings is 1. The van der Waals surface area contributed by atoms with Crippen LogP contribution in [0, 0.1) is 0 Å². The molecule has 1 fully saturated rings. The van der Waals surface area contributed by atoms with Crippen molar-refractivity contribution in [2.24, 2.45) is 0 Å². The van der Waals surface area contributed by atoms with Crippen LogP contribution in [-0.4, -0.2) is 48.2 Å². The molecule has 0 unspecified atom stereocenters. The summed E-state index contributed by atoms with van der Waals surface area (Å²) in [5.41, 5.74) is 1.38. The van der Waals surface area contributed by atoms with Gasteiger partial charge in [-0.2, -0.15) is 0 Å². The Labute approximate surface area is 152 Å². The van der Waals surface area contributed by atoms with Gasteiger partial charge in [0.1, 0.15) is 5.75 Å². The van der Waals surface area contributed by atoms with Crippen LogP contribution in [0.4, 0.5) is 11.4 Å². The average molecular weight is 362 g/mol. The van der Waals surface area contributed by atoms with Gasteiger partial charge < -0.3 is 20.2 Å². The quantitative estimate of drug-likeness (QED) is 0.715. The fourth-order valence-electron chi connectivity index (χ4n) is 3.11. The fourth-order valence-corrected chi connectivity index (χ4v) is 3.27. The van der Waals surface area contributed by atoms with Crippen LogP contribution in [0.1, 0.15) is 6.92 Å². The number of aromatic nitrogens is 1. The lowest BCUT2D eigenvalue weighted by molar-refractivity contribution is -0.914. The van der Waals surface area contributed by atoms with Crippen molar-refractivity contribution in [1.29, 1.82) is 0 Å². The van der Waals surface area contributed by atoms with E-state index < -0.39 is 0 Å². The number of hydrogen-bond acceptors (Lipinski definition) is 4. The summed E-state index contributed by atoms with van der Waals surface area (Å²) >= 11 is 6.00. The standard InChI is InChI=1S/C18H21ClN4O2/c1-13(18(25)21-14-5-4-8-20-17(14)19)22-9-11-23(12-10-22)15-6-2-3-7-16(15)24/h2-8,13,24H,9-12H2,1H3,(H,21,25)/p+1/t13-/m0/s1. The van der Waals surface area contributed by atoms with Gasteiger partial charge in [-0.25, -0.2) is 4.98 Å². The van der Waals surface area contributed by atoms with Gasteiger partial charge in [0.05, 0.1) is 37.6 Å². The fraction of sp³-hybridized carbons (Fsp3) is 0.333. The molecule has 1 aromatic carbocycles. The number of phenols is 1. The predicted octanol–water partition coefficient (Wildman–Crippen LogP) is 1.17. The lowest BCUT2D eigenvalue weighted by Gasteiger charge is -2.36. The molecule has 3 N–H and O–H groups in total. The van der Waals surface area contributed by atoms with E-state index in [0.29, 0.717) is 16.6 Å². The van der Waals surface area contributed by atoms with E-state index in [9.17, 15) is 9.90 Å². The number of pyridine rings is 1. The van der Waals surface area contributed by atoms with Crippen molar-refractivity contribution in [3.05, 3.63) is 47.7 Å². The zero-order valence-electron chi connectivity index (χ0n) is 14.1. The Hall–Kier alpha value is -2.31. The monoisotopic (exact) mass is 361 g/mol. The smallest absolute Gasteiger partial charge is 0.282 e. The minimum atomic E-state index is -0.192. The topological polar surface area (TPSA) is 69.9 Å². The van der Waals surface area contributed by atoms with E-state index in [4.69, 9.17) is 11.6 Å². The number of amides is 1. The van der Waals surface area contributed by atoms with Crippen molar-refractivity contribution in [3.8, 4) is 5.75 Å². The Bertz CT molecular complexity index is 747. The Morgan fingerprint density at radius 1 is 1.28 bits per heavy atom. The van der Waals surface area contributed by atoms with Crippen molar-refractivity contribution in [2.45, 2.75) is 13.0 Å². The summed E-state index contributed by atoms with van der Waals surface area (Å²) in [5.74, 6) is 0.226. The van der Waals surface area contributed by atoms with Gasteiger partial charge in [-0.05, 0) is 31.2 Å². The number of carbonyl (C=O) groups excluding carboxylic acids is 1. The zero-order chi connectivity index (χ0) is 17.8. The lowest BCUT2D eigenvalue weighted by Crippen LogP contribution is -3.19. The summed E-state index contributed by atoms with van der Waals surface area (Å²) in [6, 6.07) is 10.6. The normalized spacial score (nSPS) is 16.5. The second-order valence-corrected chi connectivity index (χ2v) is 6.54. The van der Waals surface area contributed by atoms with E-state index >= 15 is 0 Å². The number of hydrogen-bond donors (Lipinski definition) is 3. The number of para-hydroxylation sites is 2. The van der Waals surface area contributed by atoms with Gasteiger partial charge >= 0.3 is 0 Å². The summed E-state index contributed by atoms with van der Waals surface area (Å²) in [6.45, 7) is 5.15. The highest BCUT2D eigenvalue weighted by Gasteiger charge is 2.30.